The number of fused-ring (bicyclic) bond motifs is 1. The van der Waals surface area contributed by atoms with Crippen molar-refractivity contribution in [2.24, 2.45) is 0 Å². The topological polar surface area (TPSA) is 137 Å². The summed E-state index contributed by atoms with van der Waals surface area (Å²) in [5, 5.41) is 9.01. The SMILES string of the molecule is O=C(CCCC[C@@H]1SC[C@@H]2NC(=O)N[C@@H]21)Nc1ccc([O][Sb](=[O])([OH])[OH])cc1. The molecule has 2 aliphatic rings. The summed E-state index contributed by atoms with van der Waals surface area (Å²) in [4.78, 5) is 23.4. The minimum absolute atomic E-state index is 0.0693. The van der Waals surface area contributed by atoms with E-state index in [0.29, 0.717) is 17.4 Å². The zero-order valence-electron chi connectivity index (χ0n) is 14.5. The Balaban J connectivity index is 1.35. The summed E-state index contributed by atoms with van der Waals surface area (Å²) in [6.45, 7) is 0. The molecular formula is C16H22N3O6SSb. The minimum atomic E-state index is -5.46. The van der Waals surface area contributed by atoms with E-state index < -0.39 is 20.1 Å². The van der Waals surface area contributed by atoms with Gasteiger partial charge in [0.1, 0.15) is 0 Å². The number of nitrogens with one attached hydrogen (secondary N) is 3. The van der Waals surface area contributed by atoms with Crippen LogP contribution in [-0.4, -0.2) is 61.8 Å². The van der Waals surface area contributed by atoms with Crippen LogP contribution in [0.25, 0.3) is 0 Å². The van der Waals surface area contributed by atoms with Gasteiger partial charge < -0.3 is 10.6 Å². The van der Waals surface area contributed by atoms with Crippen LogP contribution >= 0.6 is 11.8 Å². The molecule has 0 spiro atoms. The monoisotopic (exact) mass is 505 g/mol. The molecule has 2 fully saturated rings. The van der Waals surface area contributed by atoms with Gasteiger partial charge in [0.25, 0.3) is 0 Å². The summed E-state index contributed by atoms with van der Waals surface area (Å²) >= 11 is -3.60. The van der Waals surface area contributed by atoms with Gasteiger partial charge in [-0.1, -0.05) is 0 Å². The number of carbonyl (C=O) groups excluding carboxylic acids is 2. The molecule has 2 saturated heterocycles. The van der Waals surface area contributed by atoms with E-state index in [1.54, 1.807) is 0 Å². The van der Waals surface area contributed by atoms with Crippen molar-refractivity contribution in [2.75, 3.05) is 11.1 Å². The Labute approximate surface area is 166 Å². The van der Waals surface area contributed by atoms with Crippen molar-refractivity contribution in [2.45, 2.75) is 43.0 Å². The first-order valence-electron chi connectivity index (χ1n) is 8.64. The summed E-state index contributed by atoms with van der Waals surface area (Å²) in [6.07, 6.45) is 3.01. The molecule has 1 aromatic carbocycles. The summed E-state index contributed by atoms with van der Waals surface area (Å²) in [5.74, 6) is 0.884. The van der Waals surface area contributed by atoms with Gasteiger partial charge in [0.05, 0.1) is 12.1 Å². The van der Waals surface area contributed by atoms with Crippen LogP contribution in [0.1, 0.15) is 25.7 Å². The van der Waals surface area contributed by atoms with Gasteiger partial charge in [0, 0.05) is 5.75 Å². The van der Waals surface area contributed by atoms with E-state index in [9.17, 15) is 12.6 Å². The molecule has 0 aromatic heterocycles. The number of benzene rings is 1. The Bertz CT molecular complexity index is 740. The molecule has 2 aliphatic heterocycles. The zero-order valence-corrected chi connectivity index (χ0v) is 17.8. The van der Waals surface area contributed by atoms with Crippen LogP contribution in [0.3, 0.4) is 0 Å². The Hall–Kier alpha value is -1.35. The first-order chi connectivity index (χ1) is 12.8. The maximum atomic E-state index is 12.0. The van der Waals surface area contributed by atoms with E-state index in [0.717, 1.165) is 25.0 Å². The summed E-state index contributed by atoms with van der Waals surface area (Å²) in [6, 6.07) is 6.19. The molecule has 148 valence electrons. The molecule has 27 heavy (non-hydrogen) atoms. The van der Waals surface area contributed by atoms with E-state index in [-0.39, 0.29) is 29.8 Å². The number of thioether (sulfide) groups is 1. The second-order valence-corrected chi connectivity index (χ2v) is 11.1. The fourth-order valence-electron chi connectivity index (χ4n) is 3.23. The molecule has 0 aliphatic carbocycles. The van der Waals surface area contributed by atoms with E-state index in [1.165, 1.54) is 24.3 Å². The Morgan fingerprint density at radius 1 is 1.26 bits per heavy atom. The molecule has 2 heterocycles. The molecule has 3 atom stereocenters. The fourth-order valence-corrected chi connectivity index (χ4v) is 5.91. The third-order valence-corrected chi connectivity index (χ3v) is 7.23. The van der Waals surface area contributed by atoms with Gasteiger partial charge in [-0.2, -0.15) is 11.8 Å². The van der Waals surface area contributed by atoms with Crippen LogP contribution in [0.5, 0.6) is 5.75 Å². The first-order valence-corrected chi connectivity index (χ1v) is 14.1. The zero-order chi connectivity index (χ0) is 19.4. The first kappa shape index (κ1) is 20.4. The second kappa shape index (κ2) is 8.77. The number of anilines is 1. The average molecular weight is 506 g/mol. The number of rotatable bonds is 8. The van der Waals surface area contributed by atoms with Crippen LogP contribution in [0, 0.1) is 0 Å². The van der Waals surface area contributed by atoms with Gasteiger partial charge in [-0.3, -0.25) is 0 Å². The molecule has 5 N–H and O–H groups in total. The molecule has 0 radical (unpaired) electrons. The van der Waals surface area contributed by atoms with Gasteiger partial charge in [-0.15, -0.1) is 0 Å². The standard InChI is InChI=1S/C16H21N3O3S.2H2O.O.Sb/c20-11-7-5-10(6-8-11)17-14(21)4-2-1-3-13-15-12(9-23-13)18-16(22)19-15;;;;/h5-8,12-13,15,20H,1-4,9H2,(H,17,21)(H2,18,19,22);2*1H2;;/q;;;;+3/p-3/t12-,13-,15-;;;;/m0..../s1. The predicted molar refractivity (Wildman–Crippen MR) is 101 cm³/mol. The van der Waals surface area contributed by atoms with Gasteiger partial charge in [0.15, 0.2) is 0 Å². The molecular weight excluding hydrogens is 484 g/mol. The molecule has 0 unspecified atom stereocenters. The molecule has 3 amide bonds. The molecule has 9 nitrogen and oxygen atoms in total. The number of carbonyl (C=O) groups is 2. The number of unbranched alkanes of at least 4 members (excludes halogenated alkanes) is 1. The maximum absolute atomic E-state index is 12.0. The second-order valence-electron chi connectivity index (χ2n) is 6.52. The Morgan fingerprint density at radius 3 is 2.70 bits per heavy atom. The van der Waals surface area contributed by atoms with Crippen LogP contribution in [0.15, 0.2) is 24.3 Å². The number of hydrogen-bond donors (Lipinski definition) is 5. The van der Waals surface area contributed by atoms with Gasteiger partial charge >= 0.3 is 122 Å². The summed E-state index contributed by atoms with van der Waals surface area (Å²) in [5.41, 5.74) is 0.544. The molecule has 0 saturated carbocycles. The predicted octanol–water partition coefficient (Wildman–Crippen LogP) is 0.580. The van der Waals surface area contributed by atoms with Crippen molar-refractivity contribution in [1.29, 1.82) is 0 Å². The van der Waals surface area contributed by atoms with Crippen LogP contribution in [0.2, 0.25) is 0 Å². The number of urea groups is 1. The average Bonchev–Trinajstić information content (AvgIpc) is 3.12. The van der Waals surface area contributed by atoms with Crippen LogP contribution in [0.4, 0.5) is 10.5 Å². The summed E-state index contributed by atoms with van der Waals surface area (Å²) in [7, 11) is 0. The van der Waals surface area contributed by atoms with Crippen molar-refractivity contribution in [3.8, 4) is 5.75 Å². The molecule has 0 bridgehead atoms. The van der Waals surface area contributed by atoms with Crippen molar-refractivity contribution in [1.82, 2.24) is 10.6 Å². The third-order valence-electron chi connectivity index (χ3n) is 4.44. The van der Waals surface area contributed by atoms with Gasteiger partial charge in [-0.25, -0.2) is 4.79 Å². The molecule has 1 aromatic rings. The normalized spacial score (nSPS) is 24.1. The van der Waals surface area contributed by atoms with E-state index in [1.807, 2.05) is 11.8 Å². The Morgan fingerprint density at radius 2 is 2.00 bits per heavy atom. The fraction of sp³-hybridized carbons (Fsp3) is 0.500. The summed E-state index contributed by atoms with van der Waals surface area (Å²) < 4.78 is 33.0. The Kier molecular flexibility index (Phi) is 6.62. The number of amides is 3. The van der Waals surface area contributed by atoms with Gasteiger partial charge in [0.2, 0.25) is 0 Å². The van der Waals surface area contributed by atoms with Crippen molar-refractivity contribution in [3.05, 3.63) is 24.3 Å². The quantitative estimate of drug-likeness (QED) is 0.198. The number of hydrogen-bond acceptors (Lipinski definition) is 5. The van der Waals surface area contributed by atoms with Crippen molar-refractivity contribution in [3.63, 3.8) is 0 Å². The van der Waals surface area contributed by atoms with Crippen molar-refractivity contribution < 1.29 is 22.4 Å². The van der Waals surface area contributed by atoms with Crippen LogP contribution in [-0.2, 0) is 7.81 Å². The third kappa shape index (κ3) is 6.07. The van der Waals surface area contributed by atoms with E-state index >= 15 is 0 Å². The molecule has 3 rings (SSSR count). The van der Waals surface area contributed by atoms with E-state index in [2.05, 4.69) is 19.0 Å². The molecule has 11 heteroatoms. The van der Waals surface area contributed by atoms with Crippen LogP contribution < -0.4 is 19.0 Å². The van der Waals surface area contributed by atoms with Gasteiger partial charge in [-0.05, 0) is 0 Å². The van der Waals surface area contributed by atoms with E-state index in [4.69, 9.17) is 6.77 Å². The van der Waals surface area contributed by atoms with Crippen molar-refractivity contribution >= 4 is 49.4 Å².